The molecule has 7 atom stereocenters. The second-order valence-electron chi connectivity index (χ2n) is 27.8. The van der Waals surface area contributed by atoms with E-state index >= 15 is 0 Å². The lowest BCUT2D eigenvalue weighted by atomic mass is 9.99. The van der Waals surface area contributed by atoms with Crippen molar-refractivity contribution in [1.82, 2.24) is 0 Å². The SMILES string of the molecule is CCC(C)CCCCCCCCCCCCCCCCCCCCC(=O)O[C@H](COC(=O)CCCCCCCCC(C)CC)COP(=O)(O)OC[C@H](O)COP(=O)(O)OC[C@@H](COC(=O)CCCCCCCCCC(C)C)OC(=O)CCCCCCCCCC(C)C. The van der Waals surface area contributed by atoms with Crippen LogP contribution in [0.1, 0.15) is 364 Å². The first-order valence-corrected chi connectivity index (χ1v) is 40.8. The van der Waals surface area contributed by atoms with Crippen LogP contribution in [0, 0.1) is 23.7 Å². The van der Waals surface area contributed by atoms with Crippen LogP contribution in [0.5, 0.6) is 0 Å². The molecule has 0 spiro atoms. The molecule has 17 nitrogen and oxygen atoms in total. The monoisotopic (exact) mass is 1350 g/mol. The molecule has 0 radical (unpaired) electrons. The van der Waals surface area contributed by atoms with E-state index in [1.54, 1.807) is 0 Å². The van der Waals surface area contributed by atoms with Gasteiger partial charge in [-0.25, -0.2) is 9.13 Å². The molecule has 0 bridgehead atoms. The van der Waals surface area contributed by atoms with E-state index in [2.05, 4.69) is 55.4 Å². The first kappa shape index (κ1) is 90.1. The van der Waals surface area contributed by atoms with Crippen molar-refractivity contribution in [3.05, 3.63) is 0 Å². The fourth-order valence-electron chi connectivity index (χ4n) is 11.0. The van der Waals surface area contributed by atoms with Crippen LogP contribution in [0.15, 0.2) is 0 Å². The van der Waals surface area contributed by atoms with E-state index in [4.69, 9.17) is 37.0 Å². The number of ether oxygens (including phenoxy) is 4. The van der Waals surface area contributed by atoms with Gasteiger partial charge in [0.15, 0.2) is 12.2 Å². The highest BCUT2D eigenvalue weighted by molar-refractivity contribution is 7.47. The van der Waals surface area contributed by atoms with Gasteiger partial charge in [-0.3, -0.25) is 37.3 Å². The van der Waals surface area contributed by atoms with E-state index in [1.807, 2.05) is 0 Å². The van der Waals surface area contributed by atoms with Crippen molar-refractivity contribution < 1.29 is 80.2 Å². The third kappa shape index (κ3) is 64.1. The molecule has 0 fully saturated rings. The van der Waals surface area contributed by atoms with Crippen molar-refractivity contribution in [2.24, 2.45) is 23.7 Å². The zero-order valence-corrected chi connectivity index (χ0v) is 62.0. The van der Waals surface area contributed by atoms with Crippen LogP contribution in [0.3, 0.4) is 0 Å². The van der Waals surface area contributed by atoms with Gasteiger partial charge in [0.05, 0.1) is 26.4 Å². The molecule has 0 rings (SSSR count). The second-order valence-corrected chi connectivity index (χ2v) is 30.7. The largest absolute Gasteiger partial charge is 0.472 e. The van der Waals surface area contributed by atoms with Gasteiger partial charge in [-0.1, -0.05) is 312 Å². The van der Waals surface area contributed by atoms with Gasteiger partial charge in [0.2, 0.25) is 0 Å². The Morgan fingerprint density at radius 2 is 0.522 bits per heavy atom. The fraction of sp³-hybridized carbons (Fsp3) is 0.945. The van der Waals surface area contributed by atoms with Crippen molar-refractivity contribution in [3.63, 3.8) is 0 Å². The molecule has 0 aromatic heterocycles. The molecule has 19 heteroatoms. The van der Waals surface area contributed by atoms with E-state index in [9.17, 15) is 43.2 Å². The van der Waals surface area contributed by atoms with Crippen LogP contribution >= 0.6 is 15.6 Å². The van der Waals surface area contributed by atoms with Crippen LogP contribution in [-0.2, 0) is 65.4 Å². The quantitative estimate of drug-likeness (QED) is 0.0222. The molecule has 0 amide bonds. The van der Waals surface area contributed by atoms with E-state index < -0.39 is 97.5 Å². The van der Waals surface area contributed by atoms with Gasteiger partial charge in [0.1, 0.15) is 19.3 Å². The zero-order chi connectivity index (χ0) is 68.2. The molecule has 0 aliphatic carbocycles. The summed E-state index contributed by atoms with van der Waals surface area (Å²) in [6.07, 6.45) is 46.2. The number of esters is 4. The van der Waals surface area contributed by atoms with Crippen molar-refractivity contribution in [2.75, 3.05) is 39.6 Å². The Morgan fingerprint density at radius 3 is 0.772 bits per heavy atom. The smallest absolute Gasteiger partial charge is 0.462 e. The van der Waals surface area contributed by atoms with Gasteiger partial charge >= 0.3 is 39.5 Å². The molecule has 0 saturated carbocycles. The number of aliphatic hydroxyl groups excluding tert-OH is 1. The Labute approximate surface area is 562 Å². The Hall–Kier alpha value is -1.94. The van der Waals surface area contributed by atoms with Crippen molar-refractivity contribution >= 4 is 39.5 Å². The number of unbranched alkanes of at least 4 members (excludes halogenated alkanes) is 34. The third-order valence-electron chi connectivity index (χ3n) is 17.5. The lowest BCUT2D eigenvalue weighted by Gasteiger charge is -2.21. The number of rotatable bonds is 70. The summed E-state index contributed by atoms with van der Waals surface area (Å²) < 4.78 is 68.3. The molecule has 546 valence electrons. The maximum absolute atomic E-state index is 13.0. The molecule has 0 aliphatic rings. The lowest BCUT2D eigenvalue weighted by Crippen LogP contribution is -2.30. The third-order valence-corrected chi connectivity index (χ3v) is 19.4. The van der Waals surface area contributed by atoms with E-state index in [0.717, 1.165) is 115 Å². The van der Waals surface area contributed by atoms with Crippen LogP contribution < -0.4 is 0 Å². The van der Waals surface area contributed by atoms with Gasteiger partial charge in [-0.05, 0) is 49.4 Å². The molecule has 92 heavy (non-hydrogen) atoms. The summed E-state index contributed by atoms with van der Waals surface area (Å²) in [6.45, 7) is 14.1. The molecule has 0 aromatic rings. The van der Waals surface area contributed by atoms with Crippen LogP contribution in [0.2, 0.25) is 0 Å². The predicted octanol–water partition coefficient (Wildman–Crippen LogP) is 20.9. The Balaban J connectivity index is 5.15. The molecule has 0 saturated heterocycles. The molecule has 0 aromatic carbocycles. The first-order valence-electron chi connectivity index (χ1n) is 37.8. The molecule has 0 aliphatic heterocycles. The maximum atomic E-state index is 13.0. The first-order chi connectivity index (χ1) is 44.2. The number of aliphatic hydroxyl groups is 1. The minimum Gasteiger partial charge on any atom is -0.462 e. The molecule has 4 unspecified atom stereocenters. The lowest BCUT2D eigenvalue weighted by molar-refractivity contribution is -0.161. The summed E-state index contributed by atoms with van der Waals surface area (Å²) in [6, 6.07) is 0. The molecular formula is C73H142O17P2. The number of carbonyl (C=O) groups excluding carboxylic acids is 4. The molecule has 3 N–H and O–H groups in total. The number of phosphoric acid groups is 2. The summed E-state index contributed by atoms with van der Waals surface area (Å²) in [5.41, 5.74) is 0. The van der Waals surface area contributed by atoms with Crippen molar-refractivity contribution in [2.45, 2.75) is 382 Å². The summed E-state index contributed by atoms with van der Waals surface area (Å²) in [5, 5.41) is 10.6. The topological polar surface area (TPSA) is 237 Å². The van der Waals surface area contributed by atoms with Crippen molar-refractivity contribution in [3.8, 4) is 0 Å². The number of hydrogen-bond donors (Lipinski definition) is 3. The van der Waals surface area contributed by atoms with Gasteiger partial charge in [0, 0.05) is 25.7 Å². The second kappa shape index (κ2) is 62.6. The standard InChI is InChI=1S/C73H142O17P2/c1-9-65(7)51-43-35-27-21-19-17-15-13-11-12-14-16-18-20-22-28-39-47-55-72(77)89-69(60-84-71(76)54-46-38-32-31-36-44-52-66(8)10-2)62-88-92(81,82)86-58-67(74)57-85-91(79,80)87-61-68(90-73(78)56-48-40-30-24-26-34-42-50-64(5)6)59-83-70(75)53-45-37-29-23-25-33-41-49-63(3)4/h63-69,74H,9-62H2,1-8H3,(H,79,80)(H,81,82)/t65?,66?,67-,68-,69-/m1/s1. The van der Waals surface area contributed by atoms with E-state index in [-0.39, 0.29) is 25.7 Å². The highest BCUT2D eigenvalue weighted by Gasteiger charge is 2.30. The Bertz CT molecular complexity index is 1820. The number of hydrogen-bond acceptors (Lipinski definition) is 15. The van der Waals surface area contributed by atoms with Gasteiger partial charge < -0.3 is 33.8 Å². The highest BCUT2D eigenvalue weighted by Crippen LogP contribution is 2.45. The van der Waals surface area contributed by atoms with Crippen LogP contribution in [0.4, 0.5) is 0 Å². The normalized spacial score (nSPS) is 14.8. The summed E-state index contributed by atoms with van der Waals surface area (Å²) in [7, 11) is -9.90. The average Bonchev–Trinajstić information content (AvgIpc) is 2.50. The zero-order valence-electron chi connectivity index (χ0n) is 60.2. The number of carbonyl (C=O) groups is 4. The van der Waals surface area contributed by atoms with Crippen LogP contribution in [-0.4, -0.2) is 96.7 Å². The maximum Gasteiger partial charge on any atom is 0.472 e. The number of phosphoric ester groups is 2. The molecule has 0 heterocycles. The minimum atomic E-state index is -4.95. The van der Waals surface area contributed by atoms with Crippen LogP contribution in [0.25, 0.3) is 0 Å². The average molecular weight is 1350 g/mol. The van der Waals surface area contributed by atoms with Gasteiger partial charge in [-0.15, -0.1) is 0 Å². The van der Waals surface area contributed by atoms with Gasteiger partial charge in [-0.2, -0.15) is 0 Å². The van der Waals surface area contributed by atoms with Crippen molar-refractivity contribution in [1.29, 1.82) is 0 Å². The fourth-order valence-corrected chi connectivity index (χ4v) is 12.5. The minimum absolute atomic E-state index is 0.102. The van der Waals surface area contributed by atoms with E-state index in [0.29, 0.717) is 37.5 Å². The summed E-state index contributed by atoms with van der Waals surface area (Å²) in [4.78, 5) is 72.5. The van der Waals surface area contributed by atoms with E-state index in [1.165, 1.54) is 154 Å². The highest BCUT2D eigenvalue weighted by atomic mass is 31.2. The Morgan fingerprint density at radius 1 is 0.304 bits per heavy atom. The van der Waals surface area contributed by atoms with Gasteiger partial charge in [0.25, 0.3) is 0 Å². The predicted molar refractivity (Wildman–Crippen MR) is 372 cm³/mol. The summed E-state index contributed by atoms with van der Waals surface area (Å²) >= 11 is 0. The molecular weight excluding hydrogens is 1210 g/mol. The summed E-state index contributed by atoms with van der Waals surface area (Å²) in [5.74, 6) is 0.871. The Kier molecular flexibility index (Phi) is 61.3.